The van der Waals surface area contributed by atoms with Gasteiger partial charge in [-0.05, 0) is 40.7 Å². The molecule has 0 N–H and O–H groups in total. The minimum atomic E-state index is 0. The van der Waals surface area contributed by atoms with Crippen LogP contribution < -0.4 is 59.1 Å². The van der Waals surface area contributed by atoms with Gasteiger partial charge in [0, 0.05) is 5.41 Å². The van der Waals surface area contributed by atoms with Gasteiger partial charge in [-0.25, -0.2) is 0 Å². The summed E-state index contributed by atoms with van der Waals surface area (Å²) in [5, 5.41) is 0. The largest absolute Gasteiger partial charge is 1.00 e. The van der Waals surface area contributed by atoms with Gasteiger partial charge in [0.25, 0.3) is 0 Å². The number of hydrogen-bond acceptors (Lipinski definition) is 0. The van der Waals surface area contributed by atoms with Crippen LogP contribution in [0, 0.1) is 0 Å². The molecule has 108 valence electrons. The molecule has 0 fully saturated rings. The molecule has 0 atom stereocenters. The molecule has 0 unspecified atom stereocenters. The number of hydrogen-bond donors (Lipinski definition) is 0. The first kappa shape index (κ1) is 19.2. The Bertz CT molecular complexity index is 792. The molecule has 0 nitrogen and oxygen atoms in total. The fourth-order valence-electron chi connectivity index (χ4n) is 3.83. The van der Waals surface area contributed by atoms with E-state index in [1.807, 2.05) is 0 Å². The van der Waals surface area contributed by atoms with Crippen LogP contribution in [0.2, 0.25) is 0 Å². The van der Waals surface area contributed by atoms with E-state index in [0.29, 0.717) is 0 Å². The van der Waals surface area contributed by atoms with E-state index in [2.05, 4.69) is 74.5 Å². The molecule has 0 saturated carbocycles. The molecule has 0 bridgehead atoms. The molecule has 0 radical (unpaired) electrons. The van der Waals surface area contributed by atoms with Gasteiger partial charge >= 0.3 is 59.1 Å². The Morgan fingerprint density at radius 3 is 2.39 bits per heavy atom. The van der Waals surface area contributed by atoms with E-state index >= 15 is 0 Å². The zero-order valence-corrected chi connectivity index (χ0v) is 18.7. The summed E-state index contributed by atoms with van der Waals surface area (Å²) >= 11 is 0. The first-order chi connectivity index (χ1) is 10.2. The molecule has 2 aromatic carbocycles. The molecule has 0 aromatic heterocycles. The standard InChI is InChI=1S/C21H20.2Na.2H/c1-21(2,16-9-4-5-10-16)20-13-7-12-18-17-11-6-3-8-15(17)14-19(18)20;;;;/h3-9,11-13H,10,14H2,1-2H3;;;;/q;2*+1;2*-1. The third-order valence-corrected chi connectivity index (χ3v) is 5.10. The van der Waals surface area contributed by atoms with Crippen molar-refractivity contribution in [3.8, 4) is 11.1 Å². The summed E-state index contributed by atoms with van der Waals surface area (Å²) in [6.45, 7) is 4.73. The van der Waals surface area contributed by atoms with Crippen LogP contribution >= 0.6 is 0 Å². The van der Waals surface area contributed by atoms with Crippen molar-refractivity contribution < 1.29 is 62.0 Å². The van der Waals surface area contributed by atoms with Crippen molar-refractivity contribution in [3.63, 3.8) is 0 Å². The van der Waals surface area contributed by atoms with Gasteiger partial charge in [-0.1, -0.05) is 80.1 Å². The second kappa shape index (κ2) is 7.44. The molecule has 0 heterocycles. The Hall–Kier alpha value is -0.0800. The smallest absolute Gasteiger partial charge is 1.00 e. The normalized spacial score (nSPS) is 14.4. The Labute approximate surface area is 186 Å². The molecule has 0 aliphatic heterocycles. The molecule has 2 aliphatic carbocycles. The third-order valence-electron chi connectivity index (χ3n) is 5.10. The van der Waals surface area contributed by atoms with E-state index in [4.69, 9.17) is 0 Å². The summed E-state index contributed by atoms with van der Waals surface area (Å²) in [5.74, 6) is 0. The van der Waals surface area contributed by atoms with Crippen molar-refractivity contribution in [3.05, 3.63) is 83.0 Å². The van der Waals surface area contributed by atoms with Crippen LogP contribution in [0.15, 0.2) is 66.3 Å². The summed E-state index contributed by atoms with van der Waals surface area (Å²) in [6.07, 6.45) is 8.90. The zero-order chi connectivity index (χ0) is 14.4. The predicted octanol–water partition coefficient (Wildman–Crippen LogP) is -0.345. The van der Waals surface area contributed by atoms with E-state index in [1.165, 1.54) is 33.4 Å². The average molecular weight is 320 g/mol. The van der Waals surface area contributed by atoms with E-state index in [9.17, 15) is 0 Å². The van der Waals surface area contributed by atoms with Crippen LogP contribution in [0.4, 0.5) is 0 Å². The van der Waals surface area contributed by atoms with Crippen molar-refractivity contribution in [1.29, 1.82) is 0 Å². The molecule has 0 saturated heterocycles. The number of fused-ring (bicyclic) bond motifs is 3. The van der Waals surface area contributed by atoms with Gasteiger partial charge in [-0.3, -0.25) is 0 Å². The summed E-state index contributed by atoms with van der Waals surface area (Å²) < 4.78 is 0. The van der Waals surface area contributed by atoms with Crippen LogP contribution in [0.1, 0.15) is 39.8 Å². The van der Waals surface area contributed by atoms with E-state index in [1.54, 1.807) is 0 Å². The number of rotatable bonds is 2. The quantitative estimate of drug-likeness (QED) is 0.567. The van der Waals surface area contributed by atoms with Gasteiger partial charge in [-0.15, -0.1) is 0 Å². The van der Waals surface area contributed by atoms with Crippen molar-refractivity contribution in [2.75, 3.05) is 0 Å². The van der Waals surface area contributed by atoms with Gasteiger partial charge in [0.15, 0.2) is 0 Å². The van der Waals surface area contributed by atoms with E-state index < -0.39 is 0 Å². The average Bonchev–Trinajstić information content (AvgIpc) is 3.14. The molecular weight excluding hydrogens is 298 g/mol. The Morgan fingerprint density at radius 2 is 1.65 bits per heavy atom. The second-order valence-corrected chi connectivity index (χ2v) is 6.61. The monoisotopic (exact) mass is 320 g/mol. The SMILES string of the molecule is CC(C)(C1=CC=CC1)c1cccc2c1Cc1ccccc1-2.[H-].[H-].[Na+].[Na+]. The Morgan fingerprint density at radius 1 is 0.913 bits per heavy atom. The molecule has 23 heavy (non-hydrogen) atoms. The number of allylic oxidation sites excluding steroid dienone is 4. The maximum atomic E-state index is 2.37. The Balaban J connectivity index is 0.00000144. The predicted molar refractivity (Wildman–Crippen MR) is 91.8 cm³/mol. The van der Waals surface area contributed by atoms with Crippen LogP contribution in [0.5, 0.6) is 0 Å². The minimum absolute atomic E-state index is 0. The van der Waals surface area contributed by atoms with Crippen LogP contribution in [-0.2, 0) is 11.8 Å². The topological polar surface area (TPSA) is 0 Å². The summed E-state index contributed by atoms with van der Waals surface area (Å²) in [7, 11) is 0. The maximum absolute atomic E-state index is 2.37. The van der Waals surface area contributed by atoms with Gasteiger partial charge in [0.1, 0.15) is 0 Å². The van der Waals surface area contributed by atoms with Crippen molar-refractivity contribution in [2.24, 2.45) is 0 Å². The first-order valence-corrected chi connectivity index (χ1v) is 7.75. The molecule has 0 spiro atoms. The van der Waals surface area contributed by atoms with Gasteiger partial charge in [-0.2, -0.15) is 0 Å². The molecular formula is C21H22Na2. The fourth-order valence-corrected chi connectivity index (χ4v) is 3.83. The summed E-state index contributed by atoms with van der Waals surface area (Å²) in [4.78, 5) is 0. The summed E-state index contributed by atoms with van der Waals surface area (Å²) in [6, 6.07) is 15.7. The Kier molecular flexibility index (Phi) is 6.22. The number of benzene rings is 2. The second-order valence-electron chi connectivity index (χ2n) is 6.61. The first-order valence-electron chi connectivity index (χ1n) is 7.75. The fraction of sp³-hybridized carbons (Fsp3) is 0.238. The molecule has 2 heteroatoms. The van der Waals surface area contributed by atoms with E-state index in [-0.39, 0.29) is 67.4 Å². The molecule has 0 amide bonds. The van der Waals surface area contributed by atoms with Crippen LogP contribution in [-0.4, -0.2) is 0 Å². The molecule has 2 aromatic rings. The van der Waals surface area contributed by atoms with Crippen LogP contribution in [0.25, 0.3) is 11.1 Å². The van der Waals surface area contributed by atoms with Crippen molar-refractivity contribution in [2.45, 2.75) is 32.1 Å². The third kappa shape index (κ3) is 3.23. The zero-order valence-electron chi connectivity index (χ0n) is 16.7. The minimum Gasteiger partial charge on any atom is -1.00 e. The summed E-state index contributed by atoms with van der Waals surface area (Å²) in [5.41, 5.74) is 8.96. The van der Waals surface area contributed by atoms with Crippen molar-refractivity contribution in [1.82, 2.24) is 0 Å². The van der Waals surface area contributed by atoms with Gasteiger partial charge < -0.3 is 2.85 Å². The van der Waals surface area contributed by atoms with Crippen molar-refractivity contribution >= 4 is 0 Å². The maximum Gasteiger partial charge on any atom is 1.00 e. The van der Waals surface area contributed by atoms with Gasteiger partial charge in [0.05, 0.1) is 0 Å². The van der Waals surface area contributed by atoms with Gasteiger partial charge in [0.2, 0.25) is 0 Å². The molecule has 4 rings (SSSR count). The van der Waals surface area contributed by atoms with E-state index in [0.717, 1.165) is 12.8 Å². The van der Waals surface area contributed by atoms with Crippen LogP contribution in [0.3, 0.4) is 0 Å². The molecule has 2 aliphatic rings.